The number of carboxylic acids is 1. The second-order valence-electron chi connectivity index (χ2n) is 6.70. The summed E-state index contributed by atoms with van der Waals surface area (Å²) in [5, 5.41) is 14.0. The summed E-state index contributed by atoms with van der Waals surface area (Å²) < 4.78 is 7.16. The van der Waals surface area contributed by atoms with E-state index in [0.717, 1.165) is 17.9 Å². The maximum absolute atomic E-state index is 12.0. The zero-order valence-electron chi connectivity index (χ0n) is 14.4. The van der Waals surface area contributed by atoms with Crippen LogP contribution >= 0.6 is 0 Å². The van der Waals surface area contributed by atoms with Crippen molar-refractivity contribution in [3.05, 3.63) is 66.7 Å². The fraction of sp³-hybridized carbons (Fsp3) is 0.300. The molecule has 1 fully saturated rings. The highest BCUT2D eigenvalue weighted by molar-refractivity contribution is 5.76. The predicted octanol–water partition coefficient (Wildman–Crippen LogP) is 3.22. The van der Waals surface area contributed by atoms with E-state index in [1.807, 2.05) is 24.3 Å². The molecule has 0 bridgehead atoms. The molecule has 1 aliphatic rings. The highest BCUT2D eigenvalue weighted by atomic mass is 16.4. The molecule has 2 aromatic heterocycles. The molecule has 1 aliphatic heterocycles. The number of hydrogen-bond donors (Lipinski definition) is 1. The summed E-state index contributed by atoms with van der Waals surface area (Å²) in [5.41, 5.74) is 1.32. The van der Waals surface area contributed by atoms with Gasteiger partial charge in [0.2, 0.25) is 0 Å². The Morgan fingerprint density at radius 3 is 2.62 bits per heavy atom. The van der Waals surface area contributed by atoms with Crippen LogP contribution in [0.5, 0.6) is 0 Å². The Kier molecular flexibility index (Phi) is 4.34. The SMILES string of the molecule is O=C(O)C1(n2cccn2)CCN(Cc2ccccc2-c2ccco2)CC1. The standard InChI is InChI=1S/C20H21N3O3/c24-19(25)20(23-11-4-10-21-23)8-12-22(13-9-20)15-16-5-1-2-6-17(16)18-7-3-14-26-18/h1-7,10-11,14H,8-9,12-13,15H2,(H,24,25). The van der Waals surface area contributed by atoms with Gasteiger partial charge < -0.3 is 9.52 Å². The van der Waals surface area contributed by atoms with Crippen molar-refractivity contribution in [2.45, 2.75) is 24.9 Å². The van der Waals surface area contributed by atoms with Crippen molar-refractivity contribution in [1.82, 2.24) is 14.7 Å². The maximum Gasteiger partial charge on any atom is 0.331 e. The first-order valence-electron chi connectivity index (χ1n) is 8.77. The van der Waals surface area contributed by atoms with Crippen molar-refractivity contribution in [2.75, 3.05) is 13.1 Å². The molecule has 1 saturated heterocycles. The topological polar surface area (TPSA) is 71.5 Å². The number of aromatic nitrogens is 2. The Hall–Kier alpha value is -2.86. The average molecular weight is 351 g/mol. The lowest BCUT2D eigenvalue weighted by atomic mass is 9.87. The van der Waals surface area contributed by atoms with Crippen LogP contribution < -0.4 is 0 Å². The quantitative estimate of drug-likeness (QED) is 0.764. The van der Waals surface area contributed by atoms with Crippen molar-refractivity contribution in [3.8, 4) is 11.3 Å². The number of nitrogens with zero attached hydrogens (tertiary/aromatic N) is 3. The summed E-state index contributed by atoms with van der Waals surface area (Å²) in [6, 6.07) is 13.8. The van der Waals surface area contributed by atoms with Crippen LogP contribution in [-0.2, 0) is 16.9 Å². The van der Waals surface area contributed by atoms with Crippen molar-refractivity contribution >= 4 is 5.97 Å². The second kappa shape index (κ2) is 6.80. The first-order chi connectivity index (χ1) is 12.7. The zero-order valence-corrected chi connectivity index (χ0v) is 14.4. The molecule has 0 amide bonds. The first kappa shape index (κ1) is 16.6. The van der Waals surface area contributed by atoms with Crippen molar-refractivity contribution < 1.29 is 14.3 Å². The lowest BCUT2D eigenvalue weighted by molar-refractivity contribution is -0.151. The van der Waals surface area contributed by atoms with Crippen molar-refractivity contribution in [2.24, 2.45) is 0 Å². The third-order valence-corrected chi connectivity index (χ3v) is 5.22. The summed E-state index contributed by atoms with van der Waals surface area (Å²) in [6.07, 6.45) is 6.13. The molecular weight excluding hydrogens is 330 g/mol. The minimum absolute atomic E-state index is 0.535. The van der Waals surface area contributed by atoms with Crippen LogP contribution in [-0.4, -0.2) is 38.8 Å². The Morgan fingerprint density at radius 1 is 1.15 bits per heavy atom. The maximum atomic E-state index is 12.0. The van der Waals surface area contributed by atoms with Gasteiger partial charge in [-0.1, -0.05) is 24.3 Å². The number of aliphatic carboxylic acids is 1. The van der Waals surface area contributed by atoms with Crippen molar-refractivity contribution in [1.29, 1.82) is 0 Å². The summed E-state index contributed by atoms with van der Waals surface area (Å²) in [7, 11) is 0. The summed E-state index contributed by atoms with van der Waals surface area (Å²) >= 11 is 0. The number of carboxylic acid groups (broad SMARTS) is 1. The van der Waals surface area contributed by atoms with Crippen LogP contribution in [0, 0.1) is 0 Å². The Bertz CT molecular complexity index is 864. The van der Waals surface area contributed by atoms with Gasteiger partial charge in [0.1, 0.15) is 5.76 Å². The van der Waals surface area contributed by atoms with E-state index in [4.69, 9.17) is 4.42 Å². The zero-order chi connectivity index (χ0) is 18.0. The third kappa shape index (κ3) is 2.93. The van der Waals surface area contributed by atoms with Crippen LogP contribution in [0.4, 0.5) is 0 Å². The van der Waals surface area contributed by atoms with Gasteiger partial charge >= 0.3 is 5.97 Å². The molecule has 134 valence electrons. The molecule has 3 heterocycles. The van der Waals surface area contributed by atoms with Crippen LogP contribution in [0.3, 0.4) is 0 Å². The summed E-state index contributed by atoms with van der Waals surface area (Å²) in [4.78, 5) is 14.3. The van der Waals surface area contributed by atoms with Gasteiger partial charge in [0, 0.05) is 37.6 Å². The molecule has 0 radical (unpaired) electrons. The molecule has 6 heteroatoms. The highest BCUT2D eigenvalue weighted by Gasteiger charge is 2.43. The number of likely N-dealkylation sites (tertiary alicyclic amines) is 1. The predicted molar refractivity (Wildman–Crippen MR) is 96.5 cm³/mol. The van der Waals surface area contributed by atoms with Crippen LogP contribution in [0.15, 0.2) is 65.5 Å². The number of furan rings is 1. The van der Waals surface area contributed by atoms with E-state index in [0.29, 0.717) is 25.9 Å². The normalized spacial score (nSPS) is 17.2. The largest absolute Gasteiger partial charge is 0.479 e. The highest BCUT2D eigenvalue weighted by Crippen LogP contribution is 2.32. The molecule has 0 spiro atoms. The van der Waals surface area contributed by atoms with Gasteiger partial charge in [0.25, 0.3) is 0 Å². The fourth-order valence-electron chi connectivity index (χ4n) is 3.72. The number of benzene rings is 1. The van der Waals surface area contributed by atoms with Crippen LogP contribution in [0.1, 0.15) is 18.4 Å². The molecule has 6 nitrogen and oxygen atoms in total. The van der Waals surface area contributed by atoms with Gasteiger partial charge in [-0.2, -0.15) is 5.10 Å². The summed E-state index contributed by atoms with van der Waals surface area (Å²) in [6.45, 7) is 2.18. The van der Waals surface area contributed by atoms with Crippen LogP contribution in [0.25, 0.3) is 11.3 Å². The molecule has 4 rings (SSSR count). The minimum Gasteiger partial charge on any atom is -0.479 e. The van der Waals surface area contributed by atoms with Gasteiger partial charge in [-0.05, 0) is 36.6 Å². The van der Waals surface area contributed by atoms with Gasteiger partial charge in [0.15, 0.2) is 5.54 Å². The van der Waals surface area contributed by atoms with Gasteiger partial charge in [0.05, 0.1) is 6.26 Å². The molecule has 3 aromatic rings. The minimum atomic E-state index is -0.944. The van der Waals surface area contributed by atoms with E-state index in [1.165, 1.54) is 5.56 Å². The Morgan fingerprint density at radius 2 is 1.96 bits per heavy atom. The molecule has 1 N–H and O–H groups in total. The molecular formula is C20H21N3O3. The monoisotopic (exact) mass is 351 g/mol. The number of carbonyl (C=O) groups is 1. The van der Waals surface area contributed by atoms with E-state index in [1.54, 1.807) is 29.4 Å². The molecule has 0 aliphatic carbocycles. The Balaban J connectivity index is 1.51. The lowest BCUT2D eigenvalue weighted by Gasteiger charge is -2.39. The molecule has 1 aromatic carbocycles. The van der Waals surface area contributed by atoms with E-state index >= 15 is 0 Å². The van der Waals surface area contributed by atoms with E-state index in [-0.39, 0.29) is 0 Å². The van der Waals surface area contributed by atoms with E-state index < -0.39 is 11.5 Å². The lowest BCUT2D eigenvalue weighted by Crippen LogP contribution is -2.51. The van der Waals surface area contributed by atoms with Crippen molar-refractivity contribution in [3.63, 3.8) is 0 Å². The average Bonchev–Trinajstić information content (AvgIpc) is 3.37. The smallest absolute Gasteiger partial charge is 0.331 e. The number of hydrogen-bond acceptors (Lipinski definition) is 4. The third-order valence-electron chi connectivity index (χ3n) is 5.22. The Labute approximate surface area is 151 Å². The van der Waals surface area contributed by atoms with E-state index in [9.17, 15) is 9.90 Å². The molecule has 26 heavy (non-hydrogen) atoms. The van der Waals surface area contributed by atoms with E-state index in [2.05, 4.69) is 22.1 Å². The summed E-state index contributed by atoms with van der Waals surface area (Å²) in [5.74, 6) is 0.0471. The molecule has 0 saturated carbocycles. The van der Waals surface area contributed by atoms with Gasteiger partial charge in [-0.15, -0.1) is 0 Å². The first-order valence-corrected chi connectivity index (χ1v) is 8.77. The molecule has 0 atom stereocenters. The molecule has 0 unspecified atom stereocenters. The van der Waals surface area contributed by atoms with Gasteiger partial charge in [-0.3, -0.25) is 9.58 Å². The van der Waals surface area contributed by atoms with Gasteiger partial charge in [-0.25, -0.2) is 4.79 Å². The number of rotatable bonds is 5. The fourth-order valence-corrected chi connectivity index (χ4v) is 3.72. The van der Waals surface area contributed by atoms with Crippen LogP contribution in [0.2, 0.25) is 0 Å². The second-order valence-corrected chi connectivity index (χ2v) is 6.70. The number of piperidine rings is 1.